The monoisotopic (exact) mass is 245 g/mol. The number of nitrogens with zero attached hydrogens (tertiary/aromatic N) is 1. The average molecular weight is 246 g/mol. The zero-order chi connectivity index (χ0) is 11.8. The lowest BCUT2D eigenvalue weighted by Gasteiger charge is -2.27. The van der Waals surface area contributed by atoms with Crippen molar-refractivity contribution in [3.8, 4) is 0 Å². The molecule has 1 aromatic carbocycles. The molecule has 1 nitrogen and oxygen atoms in total. The van der Waals surface area contributed by atoms with Crippen LogP contribution in [0.25, 0.3) is 17.0 Å². The fraction of sp³-hybridized carbons (Fsp3) is 0.333. The third-order valence-electron chi connectivity index (χ3n) is 3.78. The van der Waals surface area contributed by atoms with Crippen LogP contribution in [0.5, 0.6) is 0 Å². The first-order chi connectivity index (χ1) is 8.29. The van der Waals surface area contributed by atoms with Gasteiger partial charge in [0.05, 0.1) is 10.5 Å². The van der Waals surface area contributed by atoms with E-state index in [-0.39, 0.29) is 0 Å². The molecule has 0 bridgehead atoms. The van der Waals surface area contributed by atoms with Gasteiger partial charge in [0.2, 0.25) is 0 Å². The van der Waals surface area contributed by atoms with Crippen molar-refractivity contribution in [2.45, 2.75) is 25.8 Å². The van der Waals surface area contributed by atoms with E-state index in [2.05, 4.69) is 23.3 Å². The zero-order valence-corrected chi connectivity index (χ0v) is 10.6. The smallest absolute Gasteiger partial charge is 0.0674 e. The number of fused-ring (bicyclic) bond motifs is 1. The van der Waals surface area contributed by atoms with Crippen LogP contribution in [0, 0.1) is 5.92 Å². The number of hydrogen-bond donors (Lipinski definition) is 0. The highest BCUT2D eigenvalue weighted by atomic mass is 35.5. The first kappa shape index (κ1) is 10.9. The van der Waals surface area contributed by atoms with Gasteiger partial charge in [0.15, 0.2) is 0 Å². The Kier molecular flexibility index (Phi) is 2.71. The Bertz CT molecular complexity index is 564. The summed E-state index contributed by atoms with van der Waals surface area (Å²) in [6.07, 6.45) is 6.00. The lowest BCUT2D eigenvalue weighted by molar-refractivity contribution is 0.279. The van der Waals surface area contributed by atoms with Gasteiger partial charge in [0.1, 0.15) is 0 Å². The summed E-state index contributed by atoms with van der Waals surface area (Å²) in [4.78, 5) is 0. The van der Waals surface area contributed by atoms with Crippen LogP contribution in [0.3, 0.4) is 0 Å². The van der Waals surface area contributed by atoms with E-state index in [1.54, 1.807) is 0 Å². The Balaban J connectivity index is 2.14. The summed E-state index contributed by atoms with van der Waals surface area (Å²) >= 11 is 6.32. The summed E-state index contributed by atoms with van der Waals surface area (Å²) in [6, 6.07) is 8.26. The summed E-state index contributed by atoms with van der Waals surface area (Å²) in [7, 11) is 0. The molecule has 0 N–H and O–H groups in total. The van der Waals surface area contributed by atoms with Gasteiger partial charge in [-0.3, -0.25) is 0 Å². The van der Waals surface area contributed by atoms with Crippen LogP contribution in [0.15, 0.2) is 30.8 Å². The Hall–Kier alpha value is -1.21. The summed E-state index contributed by atoms with van der Waals surface area (Å²) in [5, 5.41) is 2.06. The molecule has 88 valence electrons. The maximum Gasteiger partial charge on any atom is 0.0674 e. The van der Waals surface area contributed by atoms with Crippen molar-refractivity contribution in [2.24, 2.45) is 5.92 Å². The average Bonchev–Trinajstić information content (AvgIpc) is 2.63. The molecule has 1 aliphatic rings. The summed E-state index contributed by atoms with van der Waals surface area (Å²) in [5.41, 5.74) is 2.34. The van der Waals surface area contributed by atoms with Crippen LogP contribution in [-0.4, -0.2) is 4.57 Å². The maximum atomic E-state index is 6.32. The van der Waals surface area contributed by atoms with Crippen LogP contribution in [0.2, 0.25) is 5.02 Å². The molecule has 0 atom stereocenters. The fourth-order valence-electron chi connectivity index (χ4n) is 2.60. The Morgan fingerprint density at radius 2 is 2.24 bits per heavy atom. The van der Waals surface area contributed by atoms with Gasteiger partial charge < -0.3 is 4.57 Å². The molecule has 1 aromatic heterocycles. The van der Waals surface area contributed by atoms with E-state index in [0.29, 0.717) is 0 Å². The van der Waals surface area contributed by atoms with Crippen molar-refractivity contribution in [3.05, 3.63) is 41.6 Å². The largest absolute Gasteiger partial charge is 0.340 e. The predicted octanol–water partition coefficient (Wildman–Crippen LogP) is 4.74. The van der Waals surface area contributed by atoms with Crippen LogP contribution >= 0.6 is 11.6 Å². The third kappa shape index (κ3) is 1.79. The first-order valence-corrected chi connectivity index (χ1v) is 6.57. The molecule has 1 saturated carbocycles. The molecule has 0 amide bonds. The SMILES string of the molecule is C=Cc1cc2cccc(Cl)c2n1CC1CCC1. The van der Waals surface area contributed by atoms with Gasteiger partial charge in [-0.1, -0.05) is 36.7 Å². The maximum absolute atomic E-state index is 6.32. The molecule has 0 unspecified atom stereocenters. The van der Waals surface area contributed by atoms with Crippen molar-refractivity contribution < 1.29 is 0 Å². The minimum absolute atomic E-state index is 0.820. The van der Waals surface area contributed by atoms with Crippen LogP contribution in [0.1, 0.15) is 25.0 Å². The van der Waals surface area contributed by atoms with Crippen molar-refractivity contribution >= 4 is 28.6 Å². The highest BCUT2D eigenvalue weighted by Gasteiger charge is 2.20. The van der Waals surface area contributed by atoms with Gasteiger partial charge in [0.25, 0.3) is 0 Å². The van der Waals surface area contributed by atoms with Crippen LogP contribution in [0.4, 0.5) is 0 Å². The fourth-order valence-corrected chi connectivity index (χ4v) is 2.88. The van der Waals surface area contributed by atoms with E-state index in [9.17, 15) is 0 Å². The topological polar surface area (TPSA) is 4.93 Å². The third-order valence-corrected chi connectivity index (χ3v) is 4.08. The minimum atomic E-state index is 0.820. The van der Waals surface area contributed by atoms with Crippen molar-refractivity contribution in [1.29, 1.82) is 0 Å². The molecule has 0 spiro atoms. The molecule has 3 rings (SSSR count). The van der Waals surface area contributed by atoms with E-state index in [0.717, 1.165) is 23.0 Å². The first-order valence-electron chi connectivity index (χ1n) is 6.20. The van der Waals surface area contributed by atoms with Crippen molar-refractivity contribution in [3.63, 3.8) is 0 Å². The normalized spacial score (nSPS) is 16.1. The number of hydrogen-bond acceptors (Lipinski definition) is 0. The highest BCUT2D eigenvalue weighted by Crippen LogP contribution is 2.33. The van der Waals surface area contributed by atoms with E-state index in [1.807, 2.05) is 18.2 Å². The quantitative estimate of drug-likeness (QED) is 0.736. The molecule has 2 heteroatoms. The molecule has 1 fully saturated rings. The van der Waals surface area contributed by atoms with Gasteiger partial charge in [-0.15, -0.1) is 0 Å². The number of benzene rings is 1. The van der Waals surface area contributed by atoms with E-state index in [1.165, 1.54) is 30.3 Å². The van der Waals surface area contributed by atoms with E-state index < -0.39 is 0 Å². The van der Waals surface area contributed by atoms with E-state index >= 15 is 0 Å². The second-order valence-electron chi connectivity index (χ2n) is 4.86. The Labute approximate surface area is 107 Å². The molecule has 0 radical (unpaired) electrons. The Morgan fingerprint density at radius 3 is 2.88 bits per heavy atom. The van der Waals surface area contributed by atoms with E-state index in [4.69, 9.17) is 11.6 Å². The number of aromatic nitrogens is 1. The molecule has 2 aromatic rings. The highest BCUT2D eigenvalue weighted by molar-refractivity contribution is 6.35. The lowest BCUT2D eigenvalue weighted by atomic mass is 9.85. The van der Waals surface area contributed by atoms with Gasteiger partial charge in [0, 0.05) is 17.6 Å². The number of rotatable bonds is 3. The summed E-state index contributed by atoms with van der Waals surface area (Å²) in [5.74, 6) is 0.820. The van der Waals surface area contributed by atoms with Crippen LogP contribution in [-0.2, 0) is 6.54 Å². The van der Waals surface area contributed by atoms with Gasteiger partial charge in [-0.2, -0.15) is 0 Å². The standard InChI is InChI=1S/C15H16ClN/c1-2-13-9-12-7-4-8-14(16)15(12)17(13)10-11-5-3-6-11/h2,4,7-9,11H,1,3,5-6,10H2. The molecule has 0 aliphatic heterocycles. The second-order valence-corrected chi connectivity index (χ2v) is 5.27. The van der Waals surface area contributed by atoms with Crippen molar-refractivity contribution in [2.75, 3.05) is 0 Å². The van der Waals surface area contributed by atoms with Gasteiger partial charge in [-0.05, 0) is 37.0 Å². The van der Waals surface area contributed by atoms with Crippen LogP contribution < -0.4 is 0 Å². The number of para-hydroxylation sites is 1. The molecule has 0 saturated heterocycles. The predicted molar refractivity (Wildman–Crippen MR) is 74.4 cm³/mol. The number of halogens is 1. The molecule has 1 aliphatic carbocycles. The molecule has 17 heavy (non-hydrogen) atoms. The molecule has 1 heterocycles. The molecular formula is C15H16ClN. The second kappa shape index (κ2) is 4.23. The Morgan fingerprint density at radius 1 is 1.41 bits per heavy atom. The van der Waals surface area contributed by atoms with Gasteiger partial charge >= 0.3 is 0 Å². The van der Waals surface area contributed by atoms with Crippen molar-refractivity contribution in [1.82, 2.24) is 4.57 Å². The zero-order valence-electron chi connectivity index (χ0n) is 9.82. The summed E-state index contributed by atoms with van der Waals surface area (Å²) < 4.78 is 2.33. The molecular weight excluding hydrogens is 230 g/mol. The van der Waals surface area contributed by atoms with Gasteiger partial charge in [-0.25, -0.2) is 0 Å². The lowest BCUT2D eigenvalue weighted by Crippen LogP contribution is -2.18. The summed E-state index contributed by atoms with van der Waals surface area (Å²) in [6.45, 7) is 4.98. The minimum Gasteiger partial charge on any atom is -0.340 e.